The van der Waals surface area contributed by atoms with Crippen LogP contribution < -0.4 is 5.32 Å². The molecule has 1 N–H and O–H groups in total. The van der Waals surface area contributed by atoms with Crippen molar-refractivity contribution in [1.82, 2.24) is 5.32 Å². The summed E-state index contributed by atoms with van der Waals surface area (Å²) in [5.41, 5.74) is 1.34. The summed E-state index contributed by atoms with van der Waals surface area (Å²) < 4.78 is 0. The molecular weight excluding hydrogens is 170 g/mol. The van der Waals surface area contributed by atoms with E-state index in [1.165, 1.54) is 50.5 Å². The van der Waals surface area contributed by atoms with Crippen molar-refractivity contribution in [2.75, 3.05) is 7.05 Å². The van der Waals surface area contributed by atoms with E-state index in [-0.39, 0.29) is 0 Å². The second-order valence-corrected chi connectivity index (χ2v) is 4.87. The van der Waals surface area contributed by atoms with Gasteiger partial charge in [-0.05, 0) is 45.6 Å². The van der Waals surface area contributed by atoms with Gasteiger partial charge in [-0.25, -0.2) is 0 Å². The first-order chi connectivity index (χ1) is 6.72. The van der Waals surface area contributed by atoms with Crippen molar-refractivity contribution in [3.8, 4) is 0 Å². The highest BCUT2D eigenvalue weighted by Gasteiger charge is 2.18. The fourth-order valence-electron chi connectivity index (χ4n) is 2.44. The van der Waals surface area contributed by atoms with Crippen LogP contribution >= 0.6 is 0 Å². The average molecular weight is 195 g/mol. The largest absolute Gasteiger partial charge is 0.317 e. The van der Waals surface area contributed by atoms with Gasteiger partial charge in [0.05, 0.1) is 0 Å². The first-order valence-electron chi connectivity index (χ1n) is 6.04. The lowest BCUT2D eigenvalue weighted by atomic mass is 9.92. The third-order valence-electron chi connectivity index (χ3n) is 3.42. The Kier molecular flexibility index (Phi) is 5.24. The fraction of sp³-hybridized carbons (Fsp3) is 0.846. The molecule has 0 bridgehead atoms. The maximum atomic E-state index is 3.99. The molecule has 14 heavy (non-hydrogen) atoms. The molecule has 1 heteroatoms. The van der Waals surface area contributed by atoms with Gasteiger partial charge < -0.3 is 5.32 Å². The molecule has 82 valence electrons. The molecule has 2 atom stereocenters. The first-order valence-corrected chi connectivity index (χ1v) is 6.04. The number of hydrogen-bond donors (Lipinski definition) is 1. The van der Waals surface area contributed by atoms with Gasteiger partial charge in [0.15, 0.2) is 0 Å². The number of rotatable bonds is 4. The summed E-state index contributed by atoms with van der Waals surface area (Å²) in [7, 11) is 2.10. The lowest BCUT2D eigenvalue weighted by Crippen LogP contribution is -2.26. The van der Waals surface area contributed by atoms with Gasteiger partial charge in [0.1, 0.15) is 0 Å². The highest BCUT2D eigenvalue weighted by atomic mass is 14.9. The van der Waals surface area contributed by atoms with Crippen LogP contribution in [0.15, 0.2) is 12.2 Å². The molecule has 1 rings (SSSR count). The van der Waals surface area contributed by atoms with E-state index in [0.29, 0.717) is 0 Å². The monoisotopic (exact) mass is 195 g/mol. The molecule has 0 aliphatic heterocycles. The quantitative estimate of drug-likeness (QED) is 0.534. The topological polar surface area (TPSA) is 12.0 Å². The van der Waals surface area contributed by atoms with Gasteiger partial charge >= 0.3 is 0 Å². The molecule has 0 aromatic rings. The summed E-state index contributed by atoms with van der Waals surface area (Å²) in [4.78, 5) is 0. The van der Waals surface area contributed by atoms with E-state index in [1.807, 2.05) is 0 Å². The molecule has 0 aromatic carbocycles. The number of allylic oxidation sites excluding steroid dienone is 1. The van der Waals surface area contributed by atoms with Crippen LogP contribution in [0.1, 0.15) is 51.9 Å². The highest BCUT2D eigenvalue weighted by Crippen LogP contribution is 2.27. The smallest absolute Gasteiger partial charge is 0.00667 e. The molecule has 0 saturated heterocycles. The standard InChI is InChI=1S/C13H25N/c1-11(2)8-9-12-6-4-5-7-13(10-12)14-3/h12-14H,1,4-10H2,2-3H3. The van der Waals surface area contributed by atoms with E-state index >= 15 is 0 Å². The van der Waals surface area contributed by atoms with E-state index < -0.39 is 0 Å². The Bertz CT molecular complexity index is 174. The molecule has 0 aromatic heterocycles. The summed E-state index contributed by atoms with van der Waals surface area (Å²) >= 11 is 0. The summed E-state index contributed by atoms with van der Waals surface area (Å²) in [5, 5.41) is 3.44. The molecule has 1 nitrogen and oxygen atoms in total. The minimum absolute atomic E-state index is 0.771. The van der Waals surface area contributed by atoms with Gasteiger partial charge in [-0.1, -0.05) is 24.8 Å². The van der Waals surface area contributed by atoms with Crippen LogP contribution in [-0.2, 0) is 0 Å². The third-order valence-corrected chi connectivity index (χ3v) is 3.42. The van der Waals surface area contributed by atoms with Crippen molar-refractivity contribution in [3.63, 3.8) is 0 Å². The molecule has 0 heterocycles. The fourth-order valence-corrected chi connectivity index (χ4v) is 2.44. The zero-order valence-corrected chi connectivity index (χ0v) is 9.81. The van der Waals surface area contributed by atoms with E-state index in [9.17, 15) is 0 Å². The van der Waals surface area contributed by atoms with Crippen molar-refractivity contribution in [2.45, 2.75) is 57.9 Å². The minimum Gasteiger partial charge on any atom is -0.317 e. The zero-order valence-electron chi connectivity index (χ0n) is 9.81. The van der Waals surface area contributed by atoms with Gasteiger partial charge in [0, 0.05) is 6.04 Å². The maximum absolute atomic E-state index is 3.99. The van der Waals surface area contributed by atoms with Crippen LogP contribution in [0.4, 0.5) is 0 Å². The Morgan fingerprint density at radius 3 is 2.71 bits per heavy atom. The third kappa shape index (κ3) is 4.28. The van der Waals surface area contributed by atoms with Crippen LogP contribution in [0, 0.1) is 5.92 Å². The molecule has 1 aliphatic rings. The molecule has 0 radical (unpaired) electrons. The Hall–Kier alpha value is -0.300. The van der Waals surface area contributed by atoms with Crippen molar-refractivity contribution in [1.29, 1.82) is 0 Å². The molecule has 2 unspecified atom stereocenters. The minimum atomic E-state index is 0.771. The van der Waals surface area contributed by atoms with Gasteiger partial charge in [-0.2, -0.15) is 0 Å². The molecule has 1 fully saturated rings. The zero-order chi connectivity index (χ0) is 10.4. The van der Waals surface area contributed by atoms with Crippen LogP contribution in [0.5, 0.6) is 0 Å². The van der Waals surface area contributed by atoms with Crippen LogP contribution in [0.25, 0.3) is 0 Å². The van der Waals surface area contributed by atoms with E-state index in [1.54, 1.807) is 0 Å². The Morgan fingerprint density at radius 2 is 2.07 bits per heavy atom. The summed E-state index contributed by atoms with van der Waals surface area (Å²) in [6.45, 7) is 6.13. The lowest BCUT2D eigenvalue weighted by molar-refractivity contribution is 0.381. The molecule has 1 aliphatic carbocycles. The van der Waals surface area contributed by atoms with E-state index in [2.05, 4.69) is 25.9 Å². The van der Waals surface area contributed by atoms with Gasteiger partial charge in [-0.3, -0.25) is 0 Å². The second kappa shape index (κ2) is 6.23. The lowest BCUT2D eigenvalue weighted by Gasteiger charge is -2.19. The molecule has 1 saturated carbocycles. The van der Waals surface area contributed by atoms with Crippen LogP contribution in [-0.4, -0.2) is 13.1 Å². The maximum Gasteiger partial charge on any atom is 0.00667 e. The first kappa shape index (κ1) is 11.8. The van der Waals surface area contributed by atoms with E-state index in [0.717, 1.165) is 12.0 Å². The molecule has 0 spiro atoms. The van der Waals surface area contributed by atoms with E-state index in [4.69, 9.17) is 0 Å². The molecule has 0 amide bonds. The second-order valence-electron chi connectivity index (χ2n) is 4.87. The summed E-state index contributed by atoms with van der Waals surface area (Å²) in [5.74, 6) is 0.937. The Balaban J connectivity index is 2.31. The highest BCUT2D eigenvalue weighted by molar-refractivity contribution is 4.89. The van der Waals surface area contributed by atoms with Crippen molar-refractivity contribution < 1.29 is 0 Å². The van der Waals surface area contributed by atoms with Gasteiger partial charge in [-0.15, -0.1) is 6.58 Å². The van der Waals surface area contributed by atoms with Crippen molar-refractivity contribution in [2.24, 2.45) is 5.92 Å². The Morgan fingerprint density at radius 1 is 1.36 bits per heavy atom. The number of hydrogen-bond acceptors (Lipinski definition) is 1. The molecular formula is C13H25N. The van der Waals surface area contributed by atoms with Crippen LogP contribution in [0.3, 0.4) is 0 Å². The summed E-state index contributed by atoms with van der Waals surface area (Å²) in [6, 6.07) is 0.771. The SMILES string of the molecule is C=C(C)CCC1CCCCC(NC)C1. The van der Waals surface area contributed by atoms with Gasteiger partial charge in [0.2, 0.25) is 0 Å². The van der Waals surface area contributed by atoms with Crippen molar-refractivity contribution in [3.05, 3.63) is 12.2 Å². The Labute approximate surface area is 89.0 Å². The predicted octanol–water partition coefficient (Wildman–Crippen LogP) is 3.51. The average Bonchev–Trinajstić information content (AvgIpc) is 2.39. The normalized spacial score (nSPS) is 28.4. The predicted molar refractivity (Wildman–Crippen MR) is 63.5 cm³/mol. The summed E-state index contributed by atoms with van der Waals surface area (Å²) in [6.07, 6.45) is 9.61. The van der Waals surface area contributed by atoms with Gasteiger partial charge in [0.25, 0.3) is 0 Å². The number of nitrogens with one attached hydrogen (secondary N) is 1. The van der Waals surface area contributed by atoms with Crippen LogP contribution in [0.2, 0.25) is 0 Å². The van der Waals surface area contributed by atoms with Crippen molar-refractivity contribution >= 4 is 0 Å².